The number of benzene rings is 2. The molecule has 0 atom stereocenters. The van der Waals surface area contributed by atoms with Gasteiger partial charge in [0, 0.05) is 18.2 Å². The maximum atomic E-state index is 13.6. The second-order valence-electron chi connectivity index (χ2n) is 5.11. The first-order valence-corrected chi connectivity index (χ1v) is 7.09. The van der Waals surface area contributed by atoms with Crippen LogP contribution in [0.4, 0.5) is 4.39 Å². The number of rotatable bonds is 2. The molecule has 0 bridgehead atoms. The van der Waals surface area contributed by atoms with Gasteiger partial charge in [0.1, 0.15) is 6.61 Å². The molecule has 116 valence electrons. The first kappa shape index (κ1) is 15.0. The molecule has 0 spiro atoms. The average Bonchev–Trinajstić information content (AvgIpc) is 2.58. The molecule has 1 amide bonds. The van der Waals surface area contributed by atoms with Gasteiger partial charge in [-0.25, -0.2) is 4.39 Å². The highest BCUT2D eigenvalue weighted by Crippen LogP contribution is 2.30. The fourth-order valence-electron chi connectivity index (χ4n) is 2.41. The highest BCUT2D eigenvalue weighted by atomic mass is 19.1. The number of ketones is 1. The monoisotopic (exact) mass is 311 g/mol. The van der Waals surface area contributed by atoms with Crippen molar-refractivity contribution < 1.29 is 18.7 Å². The number of ether oxygens (including phenoxy) is 1. The molecule has 1 aliphatic heterocycles. The molecule has 5 heteroatoms. The van der Waals surface area contributed by atoms with E-state index < -0.39 is 5.82 Å². The Kier molecular flexibility index (Phi) is 3.93. The summed E-state index contributed by atoms with van der Waals surface area (Å²) in [5, 5.41) is 2.54. The summed E-state index contributed by atoms with van der Waals surface area (Å²) in [6.45, 7) is 0.0178. The lowest BCUT2D eigenvalue weighted by molar-refractivity contribution is 0.0961. The largest absolute Gasteiger partial charge is 0.485 e. The molecule has 0 aromatic heterocycles. The normalized spacial score (nSPS) is 15.0. The van der Waals surface area contributed by atoms with Gasteiger partial charge in [0.25, 0.3) is 5.91 Å². The SMILES string of the molecule is CNC(=O)c1ccc(C=C2COc3c(F)cccc3C2=O)cc1. The van der Waals surface area contributed by atoms with Gasteiger partial charge in [-0.1, -0.05) is 18.2 Å². The van der Waals surface area contributed by atoms with Gasteiger partial charge in [-0.3, -0.25) is 9.59 Å². The van der Waals surface area contributed by atoms with E-state index in [2.05, 4.69) is 5.32 Å². The topological polar surface area (TPSA) is 55.4 Å². The van der Waals surface area contributed by atoms with Crippen LogP contribution in [0.2, 0.25) is 0 Å². The summed E-state index contributed by atoms with van der Waals surface area (Å²) in [4.78, 5) is 23.9. The van der Waals surface area contributed by atoms with E-state index in [-0.39, 0.29) is 29.6 Å². The van der Waals surface area contributed by atoms with Crippen LogP contribution in [-0.4, -0.2) is 25.3 Å². The van der Waals surface area contributed by atoms with Crippen molar-refractivity contribution in [3.05, 3.63) is 70.5 Å². The third kappa shape index (κ3) is 2.85. The molecule has 0 fully saturated rings. The van der Waals surface area contributed by atoms with Crippen LogP contribution in [0.1, 0.15) is 26.3 Å². The van der Waals surface area contributed by atoms with Crippen LogP contribution in [0.3, 0.4) is 0 Å². The quantitative estimate of drug-likeness (QED) is 0.868. The van der Waals surface area contributed by atoms with Crippen molar-refractivity contribution in [3.63, 3.8) is 0 Å². The minimum absolute atomic E-state index is 0.00427. The Morgan fingerprint density at radius 2 is 1.96 bits per heavy atom. The Labute approximate surface area is 132 Å². The molecular formula is C18H14FNO3. The van der Waals surface area contributed by atoms with Gasteiger partial charge >= 0.3 is 0 Å². The van der Waals surface area contributed by atoms with Gasteiger partial charge in [0.15, 0.2) is 17.3 Å². The molecule has 1 heterocycles. The zero-order valence-corrected chi connectivity index (χ0v) is 12.4. The van der Waals surface area contributed by atoms with E-state index in [0.717, 1.165) is 5.56 Å². The van der Waals surface area contributed by atoms with Crippen LogP contribution in [-0.2, 0) is 0 Å². The van der Waals surface area contributed by atoms with Crippen molar-refractivity contribution in [3.8, 4) is 5.75 Å². The molecule has 0 radical (unpaired) electrons. The van der Waals surface area contributed by atoms with E-state index in [1.54, 1.807) is 43.5 Å². The fourth-order valence-corrected chi connectivity index (χ4v) is 2.41. The lowest BCUT2D eigenvalue weighted by Crippen LogP contribution is -2.20. The Balaban J connectivity index is 1.89. The summed E-state index contributed by atoms with van der Waals surface area (Å²) in [5.41, 5.74) is 1.97. The molecule has 0 saturated carbocycles. The number of para-hydroxylation sites is 1. The summed E-state index contributed by atoms with van der Waals surface area (Å²) < 4.78 is 19.0. The molecule has 4 nitrogen and oxygen atoms in total. The average molecular weight is 311 g/mol. The molecule has 0 saturated heterocycles. The van der Waals surface area contributed by atoms with E-state index in [1.165, 1.54) is 12.1 Å². The number of halogens is 1. The summed E-state index contributed by atoms with van der Waals surface area (Å²) >= 11 is 0. The Morgan fingerprint density at radius 3 is 2.65 bits per heavy atom. The van der Waals surface area contributed by atoms with Gasteiger partial charge in [-0.05, 0) is 35.9 Å². The third-order valence-corrected chi connectivity index (χ3v) is 3.62. The number of nitrogens with one attached hydrogen (secondary N) is 1. The van der Waals surface area contributed by atoms with Crippen LogP contribution >= 0.6 is 0 Å². The first-order valence-electron chi connectivity index (χ1n) is 7.09. The molecule has 2 aromatic rings. The van der Waals surface area contributed by atoms with Gasteiger partial charge in [0.05, 0.1) is 5.56 Å². The maximum absolute atomic E-state index is 13.6. The Hall–Kier alpha value is -2.95. The number of hydrogen-bond acceptors (Lipinski definition) is 3. The molecule has 1 aliphatic rings. The van der Waals surface area contributed by atoms with E-state index in [0.29, 0.717) is 11.1 Å². The minimum Gasteiger partial charge on any atom is -0.485 e. The lowest BCUT2D eigenvalue weighted by atomic mass is 9.98. The van der Waals surface area contributed by atoms with Crippen LogP contribution < -0.4 is 10.1 Å². The molecule has 2 aromatic carbocycles. The van der Waals surface area contributed by atoms with Crippen molar-refractivity contribution in [1.29, 1.82) is 0 Å². The van der Waals surface area contributed by atoms with Gasteiger partial charge in [0.2, 0.25) is 0 Å². The Bertz CT molecular complexity index is 810. The number of Topliss-reactive ketones (excluding diaryl/α,β-unsaturated/α-hetero) is 1. The number of amides is 1. The summed E-state index contributed by atoms with van der Waals surface area (Å²) in [6.07, 6.45) is 1.68. The highest BCUT2D eigenvalue weighted by molar-refractivity contribution is 6.14. The molecule has 0 unspecified atom stereocenters. The van der Waals surface area contributed by atoms with Gasteiger partial charge in [-0.2, -0.15) is 0 Å². The second-order valence-corrected chi connectivity index (χ2v) is 5.11. The Morgan fingerprint density at radius 1 is 1.22 bits per heavy atom. The second kappa shape index (κ2) is 6.04. The van der Waals surface area contributed by atoms with Crippen LogP contribution in [0.25, 0.3) is 6.08 Å². The number of fused-ring (bicyclic) bond motifs is 1. The van der Waals surface area contributed by atoms with E-state index in [1.807, 2.05) is 0 Å². The first-order chi connectivity index (χ1) is 11.1. The van der Waals surface area contributed by atoms with E-state index in [4.69, 9.17) is 4.74 Å². The van der Waals surface area contributed by atoms with Gasteiger partial charge < -0.3 is 10.1 Å². The summed E-state index contributed by atoms with van der Waals surface area (Å²) in [7, 11) is 1.56. The van der Waals surface area contributed by atoms with Crippen molar-refractivity contribution in [2.75, 3.05) is 13.7 Å². The molecular weight excluding hydrogens is 297 g/mol. The van der Waals surface area contributed by atoms with Crippen molar-refractivity contribution >= 4 is 17.8 Å². The molecule has 3 rings (SSSR count). The molecule has 1 N–H and O–H groups in total. The van der Waals surface area contributed by atoms with Crippen LogP contribution in [0.15, 0.2) is 48.0 Å². The van der Waals surface area contributed by atoms with Crippen molar-refractivity contribution in [2.24, 2.45) is 0 Å². The van der Waals surface area contributed by atoms with Crippen molar-refractivity contribution in [1.82, 2.24) is 5.32 Å². The molecule has 0 aliphatic carbocycles. The lowest BCUT2D eigenvalue weighted by Gasteiger charge is -2.19. The van der Waals surface area contributed by atoms with E-state index in [9.17, 15) is 14.0 Å². The summed E-state index contributed by atoms with van der Waals surface area (Å²) in [6, 6.07) is 11.1. The maximum Gasteiger partial charge on any atom is 0.251 e. The fraction of sp³-hybridized carbons (Fsp3) is 0.111. The predicted molar refractivity (Wildman–Crippen MR) is 84.0 cm³/mol. The van der Waals surface area contributed by atoms with Gasteiger partial charge in [-0.15, -0.1) is 0 Å². The van der Waals surface area contributed by atoms with Crippen LogP contribution in [0, 0.1) is 5.82 Å². The third-order valence-electron chi connectivity index (χ3n) is 3.62. The predicted octanol–water partition coefficient (Wildman–Crippen LogP) is 2.84. The molecule has 23 heavy (non-hydrogen) atoms. The van der Waals surface area contributed by atoms with E-state index >= 15 is 0 Å². The zero-order valence-electron chi connectivity index (χ0n) is 12.4. The smallest absolute Gasteiger partial charge is 0.251 e. The summed E-state index contributed by atoms with van der Waals surface area (Å²) in [5.74, 6) is -0.957. The van der Waals surface area contributed by atoms with Crippen molar-refractivity contribution in [2.45, 2.75) is 0 Å². The highest BCUT2D eigenvalue weighted by Gasteiger charge is 2.25. The minimum atomic E-state index is -0.537. The van der Waals surface area contributed by atoms with Crippen LogP contribution in [0.5, 0.6) is 5.75 Å². The number of carbonyl (C=O) groups is 2. The standard InChI is InChI=1S/C18H14FNO3/c1-20-18(22)12-7-5-11(6-8-12)9-13-10-23-17-14(16(13)21)3-2-4-15(17)19/h2-9H,10H2,1H3,(H,20,22). The number of carbonyl (C=O) groups excluding carboxylic acids is 2. The number of hydrogen-bond donors (Lipinski definition) is 1. The zero-order chi connectivity index (χ0) is 16.4.